The molecule has 1 saturated carbocycles. The molecule has 0 aromatic carbocycles. The molecule has 1 fully saturated rings. The maximum Gasteiger partial charge on any atom is 0.0985 e. The zero-order valence-corrected chi connectivity index (χ0v) is 10.9. The van der Waals surface area contributed by atoms with E-state index in [0.717, 1.165) is 12.8 Å². The van der Waals surface area contributed by atoms with Crippen LogP contribution in [0.2, 0.25) is 0 Å². The normalized spacial score (nSPS) is 29.0. The van der Waals surface area contributed by atoms with Crippen molar-refractivity contribution in [1.82, 2.24) is 0 Å². The average molecular weight is 214 g/mol. The van der Waals surface area contributed by atoms with Gasteiger partial charge in [-0.25, -0.2) is 9.78 Å². The van der Waals surface area contributed by atoms with Crippen molar-refractivity contribution >= 4 is 0 Å². The Morgan fingerprint density at radius 1 is 1.20 bits per heavy atom. The smallest absolute Gasteiger partial charge is 0.0985 e. The van der Waals surface area contributed by atoms with Gasteiger partial charge in [0.05, 0.1) is 12.7 Å². The quantitative estimate of drug-likeness (QED) is 0.401. The Bertz CT molecular complexity index is 197. The maximum atomic E-state index is 5.57. The Kier molecular flexibility index (Phi) is 4.19. The molecule has 1 rings (SSSR count). The zero-order valence-electron chi connectivity index (χ0n) is 10.9. The predicted octanol–water partition coefficient (Wildman–Crippen LogP) is 3.95. The number of rotatable bonds is 4. The van der Waals surface area contributed by atoms with Crippen molar-refractivity contribution < 1.29 is 9.78 Å². The molecule has 0 radical (unpaired) electrons. The molecule has 2 heteroatoms. The molecule has 0 amide bonds. The number of hydrogen-bond acceptors (Lipinski definition) is 2. The van der Waals surface area contributed by atoms with Crippen LogP contribution in [-0.2, 0) is 9.78 Å². The third-order valence-electron chi connectivity index (χ3n) is 4.29. The zero-order chi connectivity index (χ0) is 11.5. The lowest BCUT2D eigenvalue weighted by Crippen LogP contribution is -2.47. The molecule has 0 heterocycles. The fourth-order valence-electron chi connectivity index (χ4n) is 2.23. The first kappa shape index (κ1) is 13.0. The van der Waals surface area contributed by atoms with Crippen molar-refractivity contribution in [2.75, 3.05) is 6.61 Å². The van der Waals surface area contributed by atoms with Crippen LogP contribution < -0.4 is 0 Å². The minimum absolute atomic E-state index is 0.193. The Morgan fingerprint density at radius 2 is 1.87 bits per heavy atom. The van der Waals surface area contributed by atoms with E-state index in [0.29, 0.717) is 12.0 Å². The topological polar surface area (TPSA) is 18.5 Å². The first-order valence-corrected chi connectivity index (χ1v) is 6.20. The molecule has 90 valence electrons. The fraction of sp³-hybridized carbons (Fsp3) is 1.00. The summed E-state index contributed by atoms with van der Waals surface area (Å²) in [6.07, 6.45) is 4.91. The van der Waals surface area contributed by atoms with Crippen molar-refractivity contribution in [3.63, 3.8) is 0 Å². The molecular formula is C13H26O2. The van der Waals surface area contributed by atoms with E-state index in [1.54, 1.807) is 0 Å². The molecule has 0 aliphatic heterocycles. The minimum Gasteiger partial charge on any atom is -0.236 e. The second-order valence-electron chi connectivity index (χ2n) is 5.90. The van der Waals surface area contributed by atoms with Crippen molar-refractivity contribution in [3.05, 3.63) is 0 Å². The first-order chi connectivity index (χ1) is 6.92. The highest BCUT2D eigenvalue weighted by atomic mass is 17.2. The van der Waals surface area contributed by atoms with Crippen LogP contribution >= 0.6 is 0 Å². The number of hydrogen-bond donors (Lipinski definition) is 0. The van der Waals surface area contributed by atoms with Gasteiger partial charge in [-0.1, -0.05) is 41.0 Å². The first-order valence-electron chi connectivity index (χ1n) is 6.20. The van der Waals surface area contributed by atoms with E-state index in [-0.39, 0.29) is 11.5 Å². The minimum atomic E-state index is 0.193. The van der Waals surface area contributed by atoms with Gasteiger partial charge in [0, 0.05) is 0 Å². The van der Waals surface area contributed by atoms with E-state index in [4.69, 9.17) is 9.78 Å². The summed E-state index contributed by atoms with van der Waals surface area (Å²) in [6.45, 7) is 12.1. The standard InChI is InChI=1S/C13H26O2/c1-6-10-14-15-11-8-7-9-12(2,3)13(11,4)5/h11H,6-10H2,1-5H3. The van der Waals surface area contributed by atoms with Gasteiger partial charge in [-0.2, -0.15) is 0 Å². The SMILES string of the molecule is CCCOOC1CCCC(C)(C)C1(C)C. The summed E-state index contributed by atoms with van der Waals surface area (Å²) >= 11 is 0. The lowest BCUT2D eigenvalue weighted by molar-refractivity contribution is -0.356. The van der Waals surface area contributed by atoms with Gasteiger partial charge in [-0.05, 0) is 30.1 Å². The van der Waals surface area contributed by atoms with Crippen molar-refractivity contribution in [3.8, 4) is 0 Å². The van der Waals surface area contributed by atoms with E-state index < -0.39 is 0 Å². The van der Waals surface area contributed by atoms with Crippen LogP contribution in [0.25, 0.3) is 0 Å². The van der Waals surface area contributed by atoms with E-state index in [1.807, 2.05) is 0 Å². The molecule has 2 nitrogen and oxygen atoms in total. The lowest BCUT2D eigenvalue weighted by Gasteiger charge is -2.49. The highest BCUT2D eigenvalue weighted by Gasteiger charge is 2.46. The van der Waals surface area contributed by atoms with Crippen molar-refractivity contribution in [2.45, 2.75) is 66.4 Å². The largest absolute Gasteiger partial charge is 0.236 e. The summed E-state index contributed by atoms with van der Waals surface area (Å²) in [5.41, 5.74) is 0.532. The molecule has 0 aromatic rings. The second kappa shape index (κ2) is 4.84. The van der Waals surface area contributed by atoms with Crippen molar-refractivity contribution in [1.29, 1.82) is 0 Å². The molecule has 1 aliphatic rings. The molecule has 1 atom stereocenters. The van der Waals surface area contributed by atoms with E-state index in [1.165, 1.54) is 12.8 Å². The van der Waals surface area contributed by atoms with Gasteiger partial charge in [0.1, 0.15) is 0 Å². The summed E-state index contributed by atoms with van der Waals surface area (Å²) in [5, 5.41) is 0. The van der Waals surface area contributed by atoms with Crippen LogP contribution in [0.15, 0.2) is 0 Å². The van der Waals surface area contributed by atoms with E-state index in [9.17, 15) is 0 Å². The second-order valence-corrected chi connectivity index (χ2v) is 5.90. The highest BCUT2D eigenvalue weighted by Crippen LogP contribution is 2.50. The van der Waals surface area contributed by atoms with Crippen LogP contribution in [0.3, 0.4) is 0 Å². The fourth-order valence-corrected chi connectivity index (χ4v) is 2.23. The third-order valence-corrected chi connectivity index (χ3v) is 4.29. The summed E-state index contributed by atoms with van der Waals surface area (Å²) in [4.78, 5) is 10.8. The Balaban J connectivity index is 2.56. The van der Waals surface area contributed by atoms with Crippen LogP contribution in [-0.4, -0.2) is 12.7 Å². The van der Waals surface area contributed by atoms with Gasteiger partial charge >= 0.3 is 0 Å². The molecule has 1 aliphatic carbocycles. The predicted molar refractivity (Wildman–Crippen MR) is 62.5 cm³/mol. The van der Waals surface area contributed by atoms with Crippen LogP contribution in [0.4, 0.5) is 0 Å². The van der Waals surface area contributed by atoms with Gasteiger partial charge in [0.15, 0.2) is 0 Å². The summed E-state index contributed by atoms with van der Waals surface area (Å²) in [7, 11) is 0. The summed E-state index contributed by atoms with van der Waals surface area (Å²) < 4.78 is 0. The van der Waals surface area contributed by atoms with Gasteiger partial charge in [0.25, 0.3) is 0 Å². The maximum absolute atomic E-state index is 5.57. The molecule has 0 spiro atoms. The van der Waals surface area contributed by atoms with E-state index >= 15 is 0 Å². The lowest BCUT2D eigenvalue weighted by atomic mass is 9.58. The summed E-state index contributed by atoms with van der Waals surface area (Å²) in [6, 6.07) is 0. The Labute approximate surface area is 94.3 Å². The molecule has 15 heavy (non-hydrogen) atoms. The van der Waals surface area contributed by atoms with Crippen LogP contribution in [0.5, 0.6) is 0 Å². The van der Waals surface area contributed by atoms with Gasteiger partial charge < -0.3 is 0 Å². The monoisotopic (exact) mass is 214 g/mol. The molecule has 0 N–H and O–H groups in total. The highest BCUT2D eigenvalue weighted by molar-refractivity contribution is 4.95. The van der Waals surface area contributed by atoms with Crippen LogP contribution in [0.1, 0.15) is 60.3 Å². The third kappa shape index (κ3) is 2.73. The van der Waals surface area contributed by atoms with E-state index in [2.05, 4.69) is 34.6 Å². The average Bonchev–Trinajstić information content (AvgIpc) is 2.13. The van der Waals surface area contributed by atoms with Gasteiger partial charge in [0.2, 0.25) is 0 Å². The Morgan fingerprint density at radius 3 is 2.47 bits per heavy atom. The summed E-state index contributed by atoms with van der Waals surface area (Å²) in [5.74, 6) is 0. The Hall–Kier alpha value is -0.0800. The molecule has 0 aromatic heterocycles. The van der Waals surface area contributed by atoms with Gasteiger partial charge in [-0.3, -0.25) is 0 Å². The molecule has 1 unspecified atom stereocenters. The van der Waals surface area contributed by atoms with Gasteiger partial charge in [-0.15, -0.1) is 0 Å². The van der Waals surface area contributed by atoms with Crippen molar-refractivity contribution in [2.24, 2.45) is 10.8 Å². The van der Waals surface area contributed by atoms with Crippen LogP contribution in [0, 0.1) is 10.8 Å². The molecule has 0 saturated heterocycles. The molecular weight excluding hydrogens is 188 g/mol. The molecule has 0 bridgehead atoms.